The Labute approximate surface area is 98.4 Å². The van der Waals surface area contributed by atoms with Crippen LogP contribution >= 0.6 is 11.3 Å². The van der Waals surface area contributed by atoms with Crippen LogP contribution in [-0.4, -0.2) is 42.8 Å². The molecule has 2 heterocycles. The summed E-state index contributed by atoms with van der Waals surface area (Å²) in [7, 11) is 1.76. The molecule has 4 nitrogen and oxygen atoms in total. The SMILES string of the molecule is CN(Cc1cccs1)C(=O)C1(CO)COC1. The molecular formula is C11H15NO3S. The second kappa shape index (κ2) is 4.53. The van der Waals surface area contributed by atoms with Gasteiger partial charge in [0, 0.05) is 11.9 Å². The predicted octanol–water partition coefficient (Wildman–Crippen LogP) is 0.715. The van der Waals surface area contributed by atoms with Crippen molar-refractivity contribution in [3.8, 4) is 0 Å². The lowest BCUT2D eigenvalue weighted by atomic mass is 9.85. The van der Waals surface area contributed by atoms with Gasteiger partial charge in [-0.2, -0.15) is 0 Å². The quantitative estimate of drug-likeness (QED) is 0.845. The molecule has 1 aromatic heterocycles. The highest BCUT2D eigenvalue weighted by molar-refractivity contribution is 7.09. The Bertz CT molecular complexity index is 354. The Hall–Kier alpha value is -0.910. The van der Waals surface area contributed by atoms with Crippen LogP contribution < -0.4 is 0 Å². The van der Waals surface area contributed by atoms with Gasteiger partial charge in [0.05, 0.1) is 26.4 Å². The molecule has 0 atom stereocenters. The molecule has 0 radical (unpaired) electrons. The summed E-state index contributed by atoms with van der Waals surface area (Å²) < 4.78 is 5.03. The zero-order chi connectivity index (χ0) is 11.6. The molecule has 5 heteroatoms. The first kappa shape index (κ1) is 11.6. The first-order valence-corrected chi connectivity index (χ1v) is 6.02. The van der Waals surface area contributed by atoms with Crippen molar-refractivity contribution in [3.05, 3.63) is 22.4 Å². The predicted molar refractivity (Wildman–Crippen MR) is 61.1 cm³/mol. The number of aliphatic hydroxyl groups is 1. The minimum atomic E-state index is -0.688. The first-order chi connectivity index (χ1) is 7.68. The van der Waals surface area contributed by atoms with Crippen molar-refractivity contribution in [2.24, 2.45) is 5.41 Å². The molecule has 1 aliphatic rings. The van der Waals surface area contributed by atoms with E-state index in [-0.39, 0.29) is 12.5 Å². The second-order valence-corrected chi connectivity index (χ2v) is 5.20. The second-order valence-electron chi connectivity index (χ2n) is 4.17. The Morgan fingerprint density at radius 3 is 2.88 bits per heavy atom. The number of hydrogen-bond donors (Lipinski definition) is 1. The van der Waals surface area contributed by atoms with Crippen molar-refractivity contribution in [1.82, 2.24) is 4.90 Å². The van der Waals surface area contributed by atoms with Crippen LogP contribution in [-0.2, 0) is 16.1 Å². The molecule has 0 bridgehead atoms. The van der Waals surface area contributed by atoms with Crippen LogP contribution in [0, 0.1) is 5.41 Å². The van der Waals surface area contributed by atoms with Crippen LogP contribution in [0.1, 0.15) is 4.88 Å². The standard InChI is InChI=1S/C11H15NO3S/c1-12(5-9-3-2-4-16-9)10(14)11(6-13)7-15-8-11/h2-4,13H,5-8H2,1H3. The van der Waals surface area contributed by atoms with E-state index in [1.807, 2.05) is 17.5 Å². The highest BCUT2D eigenvalue weighted by Crippen LogP contribution is 2.29. The molecule has 0 saturated carbocycles. The topological polar surface area (TPSA) is 49.8 Å². The maximum atomic E-state index is 12.1. The van der Waals surface area contributed by atoms with Crippen LogP contribution in [0.2, 0.25) is 0 Å². The maximum absolute atomic E-state index is 12.1. The minimum absolute atomic E-state index is 0.0327. The van der Waals surface area contributed by atoms with Crippen LogP contribution in [0.15, 0.2) is 17.5 Å². The van der Waals surface area contributed by atoms with E-state index in [0.717, 1.165) is 4.88 Å². The number of hydrogen-bond acceptors (Lipinski definition) is 4. The lowest BCUT2D eigenvalue weighted by molar-refractivity contribution is -0.179. The summed E-state index contributed by atoms with van der Waals surface area (Å²) in [5.41, 5.74) is -0.688. The zero-order valence-corrected chi connectivity index (χ0v) is 10.00. The van der Waals surface area contributed by atoms with E-state index in [1.54, 1.807) is 23.3 Å². The van der Waals surface area contributed by atoms with E-state index in [4.69, 9.17) is 4.74 Å². The third-order valence-corrected chi connectivity index (χ3v) is 3.69. The molecule has 2 rings (SSSR count). The molecule has 1 fully saturated rings. The van der Waals surface area contributed by atoms with Gasteiger partial charge in [-0.3, -0.25) is 4.79 Å². The summed E-state index contributed by atoms with van der Waals surface area (Å²) in [4.78, 5) is 14.9. The lowest BCUT2D eigenvalue weighted by Gasteiger charge is -2.40. The van der Waals surface area contributed by atoms with Crippen LogP contribution in [0.3, 0.4) is 0 Å². The zero-order valence-electron chi connectivity index (χ0n) is 9.18. The van der Waals surface area contributed by atoms with E-state index in [0.29, 0.717) is 19.8 Å². The van der Waals surface area contributed by atoms with Gasteiger partial charge >= 0.3 is 0 Å². The smallest absolute Gasteiger partial charge is 0.235 e. The van der Waals surface area contributed by atoms with Crippen molar-refractivity contribution in [3.63, 3.8) is 0 Å². The van der Waals surface area contributed by atoms with Gasteiger partial charge in [0.1, 0.15) is 5.41 Å². The van der Waals surface area contributed by atoms with Crippen LogP contribution in [0.5, 0.6) is 0 Å². The molecule has 1 saturated heterocycles. The van der Waals surface area contributed by atoms with Crippen molar-refractivity contribution >= 4 is 17.2 Å². The summed E-state index contributed by atoms with van der Waals surface area (Å²) in [6.07, 6.45) is 0. The summed E-state index contributed by atoms with van der Waals surface area (Å²) >= 11 is 1.62. The van der Waals surface area contributed by atoms with Crippen LogP contribution in [0.4, 0.5) is 0 Å². The number of carbonyl (C=O) groups excluding carboxylic acids is 1. The van der Waals surface area contributed by atoms with Gasteiger partial charge in [0.2, 0.25) is 5.91 Å². The van der Waals surface area contributed by atoms with Gasteiger partial charge < -0.3 is 14.7 Å². The molecule has 0 aromatic carbocycles. The van der Waals surface area contributed by atoms with E-state index >= 15 is 0 Å². The van der Waals surface area contributed by atoms with Gasteiger partial charge in [-0.25, -0.2) is 0 Å². The van der Waals surface area contributed by atoms with E-state index in [1.165, 1.54) is 0 Å². The Kier molecular flexibility index (Phi) is 3.28. The number of thiophene rings is 1. The molecule has 1 N–H and O–H groups in total. The van der Waals surface area contributed by atoms with Crippen molar-refractivity contribution in [2.45, 2.75) is 6.54 Å². The van der Waals surface area contributed by atoms with Crippen molar-refractivity contribution in [2.75, 3.05) is 26.9 Å². The number of ether oxygens (including phenoxy) is 1. The Morgan fingerprint density at radius 1 is 1.69 bits per heavy atom. The summed E-state index contributed by atoms with van der Waals surface area (Å²) in [5, 5.41) is 11.2. The number of carbonyl (C=O) groups is 1. The summed E-state index contributed by atoms with van der Waals surface area (Å²) in [6, 6.07) is 3.96. The lowest BCUT2D eigenvalue weighted by Crippen LogP contribution is -2.56. The van der Waals surface area contributed by atoms with Crippen molar-refractivity contribution in [1.29, 1.82) is 0 Å². The van der Waals surface area contributed by atoms with Gasteiger partial charge in [-0.1, -0.05) is 6.07 Å². The Morgan fingerprint density at radius 2 is 2.44 bits per heavy atom. The number of nitrogens with zero attached hydrogens (tertiary/aromatic N) is 1. The highest BCUT2D eigenvalue weighted by atomic mass is 32.1. The monoisotopic (exact) mass is 241 g/mol. The molecule has 0 unspecified atom stereocenters. The molecule has 1 aliphatic heterocycles. The summed E-state index contributed by atoms with van der Waals surface area (Å²) in [5.74, 6) is -0.0327. The molecule has 88 valence electrons. The molecular weight excluding hydrogens is 226 g/mol. The molecule has 16 heavy (non-hydrogen) atoms. The first-order valence-electron chi connectivity index (χ1n) is 5.14. The third-order valence-electron chi connectivity index (χ3n) is 2.83. The van der Waals surface area contributed by atoms with E-state index < -0.39 is 5.41 Å². The van der Waals surface area contributed by atoms with Gasteiger partial charge in [0.25, 0.3) is 0 Å². The normalized spacial score (nSPS) is 17.9. The molecule has 0 spiro atoms. The average molecular weight is 241 g/mol. The fraction of sp³-hybridized carbons (Fsp3) is 0.545. The minimum Gasteiger partial charge on any atom is -0.395 e. The van der Waals surface area contributed by atoms with Crippen LogP contribution in [0.25, 0.3) is 0 Å². The largest absolute Gasteiger partial charge is 0.395 e. The van der Waals surface area contributed by atoms with E-state index in [2.05, 4.69) is 0 Å². The highest BCUT2D eigenvalue weighted by Gasteiger charge is 2.46. The number of rotatable bonds is 4. The van der Waals surface area contributed by atoms with Crippen molar-refractivity contribution < 1.29 is 14.6 Å². The van der Waals surface area contributed by atoms with Gasteiger partial charge in [-0.15, -0.1) is 11.3 Å². The average Bonchev–Trinajstić information content (AvgIpc) is 2.69. The summed E-state index contributed by atoms with van der Waals surface area (Å²) in [6.45, 7) is 1.12. The number of aliphatic hydroxyl groups excluding tert-OH is 1. The molecule has 1 amide bonds. The third kappa shape index (κ3) is 1.98. The Balaban J connectivity index is 1.99. The number of amides is 1. The molecule has 0 aliphatic carbocycles. The fourth-order valence-electron chi connectivity index (χ4n) is 1.74. The van der Waals surface area contributed by atoms with E-state index in [9.17, 15) is 9.90 Å². The fourth-order valence-corrected chi connectivity index (χ4v) is 2.50. The maximum Gasteiger partial charge on any atom is 0.235 e. The van der Waals surface area contributed by atoms with Gasteiger partial charge in [0.15, 0.2) is 0 Å². The molecule has 1 aromatic rings. The van der Waals surface area contributed by atoms with Gasteiger partial charge in [-0.05, 0) is 11.4 Å².